The Bertz CT molecular complexity index is 563. The normalized spacial score (nSPS) is 22.3. The number of carbonyl (C=O) groups excluding carboxylic acids is 1. The van der Waals surface area contributed by atoms with Gasteiger partial charge in [-0.1, -0.05) is 18.0 Å². The molecule has 0 bridgehead atoms. The van der Waals surface area contributed by atoms with Gasteiger partial charge < -0.3 is 15.1 Å². The van der Waals surface area contributed by atoms with Crippen LogP contribution < -0.4 is 5.32 Å². The Kier molecular flexibility index (Phi) is 5.38. The standard InChI is InChI=1S/C17H23ClFN3O/c18-14-4-5-15(19)16(10-14)20-17(23)22-9-6-13(12-22)11-21-7-2-1-3-8-21/h4-5,10,13H,1-3,6-9,11-12H2,(H,20,23)/t13-/m1/s1. The van der Waals surface area contributed by atoms with Crippen LogP contribution in [0.1, 0.15) is 25.7 Å². The van der Waals surface area contributed by atoms with E-state index in [4.69, 9.17) is 11.6 Å². The van der Waals surface area contributed by atoms with Crippen LogP contribution >= 0.6 is 11.6 Å². The quantitative estimate of drug-likeness (QED) is 0.908. The van der Waals surface area contributed by atoms with E-state index < -0.39 is 5.82 Å². The third kappa shape index (κ3) is 4.36. The smallest absolute Gasteiger partial charge is 0.321 e. The number of halogens is 2. The van der Waals surface area contributed by atoms with Gasteiger partial charge in [-0.05, 0) is 56.5 Å². The topological polar surface area (TPSA) is 35.6 Å². The van der Waals surface area contributed by atoms with Crippen LogP contribution in [0, 0.1) is 11.7 Å². The first kappa shape index (κ1) is 16.5. The van der Waals surface area contributed by atoms with Crippen LogP contribution in [0.5, 0.6) is 0 Å². The summed E-state index contributed by atoms with van der Waals surface area (Å²) in [5.41, 5.74) is 0.141. The second-order valence-electron chi connectivity index (χ2n) is 6.52. The second-order valence-corrected chi connectivity index (χ2v) is 6.95. The fraction of sp³-hybridized carbons (Fsp3) is 0.588. The fourth-order valence-corrected chi connectivity index (χ4v) is 3.63. The predicted octanol–water partition coefficient (Wildman–Crippen LogP) is 3.82. The van der Waals surface area contributed by atoms with Crippen LogP contribution in [0.2, 0.25) is 5.02 Å². The van der Waals surface area contributed by atoms with E-state index in [9.17, 15) is 9.18 Å². The summed E-state index contributed by atoms with van der Waals surface area (Å²) < 4.78 is 13.7. The maximum atomic E-state index is 13.7. The lowest BCUT2D eigenvalue weighted by molar-refractivity contribution is 0.192. The monoisotopic (exact) mass is 339 g/mol. The third-order valence-corrected chi connectivity index (χ3v) is 4.94. The van der Waals surface area contributed by atoms with E-state index in [0.717, 1.165) is 26.1 Å². The molecule has 126 valence electrons. The molecule has 0 radical (unpaired) electrons. The summed E-state index contributed by atoms with van der Waals surface area (Å²) in [6.07, 6.45) is 4.92. The molecule has 3 rings (SSSR count). The minimum Gasteiger partial charge on any atom is -0.324 e. The Morgan fingerprint density at radius 2 is 2.04 bits per heavy atom. The van der Waals surface area contributed by atoms with Gasteiger partial charge in [-0.3, -0.25) is 0 Å². The van der Waals surface area contributed by atoms with Crippen LogP contribution in [0.25, 0.3) is 0 Å². The Balaban J connectivity index is 1.51. The maximum absolute atomic E-state index is 13.7. The molecule has 0 unspecified atom stereocenters. The lowest BCUT2D eigenvalue weighted by Crippen LogP contribution is -2.37. The molecule has 0 saturated carbocycles. The van der Waals surface area contributed by atoms with Gasteiger partial charge in [-0.25, -0.2) is 9.18 Å². The fourth-order valence-electron chi connectivity index (χ4n) is 3.46. The average molecular weight is 340 g/mol. The molecule has 1 aromatic rings. The molecule has 2 amide bonds. The first-order valence-electron chi connectivity index (χ1n) is 8.35. The van der Waals surface area contributed by atoms with Gasteiger partial charge in [0.2, 0.25) is 0 Å². The largest absolute Gasteiger partial charge is 0.324 e. The van der Waals surface area contributed by atoms with Gasteiger partial charge in [0.1, 0.15) is 5.82 Å². The first-order chi connectivity index (χ1) is 11.1. The van der Waals surface area contributed by atoms with Gasteiger partial charge in [0.05, 0.1) is 5.69 Å². The number of nitrogens with one attached hydrogen (secondary N) is 1. The van der Waals surface area contributed by atoms with E-state index in [0.29, 0.717) is 10.9 Å². The Morgan fingerprint density at radius 3 is 2.83 bits per heavy atom. The molecule has 4 nitrogen and oxygen atoms in total. The van der Waals surface area contributed by atoms with Crippen molar-refractivity contribution in [3.05, 3.63) is 29.0 Å². The van der Waals surface area contributed by atoms with E-state index in [-0.39, 0.29) is 11.7 Å². The molecule has 23 heavy (non-hydrogen) atoms. The minimum absolute atomic E-state index is 0.141. The number of rotatable bonds is 3. The second kappa shape index (κ2) is 7.49. The van der Waals surface area contributed by atoms with E-state index in [2.05, 4.69) is 10.2 Å². The molecule has 2 fully saturated rings. The van der Waals surface area contributed by atoms with Gasteiger partial charge in [-0.2, -0.15) is 0 Å². The summed E-state index contributed by atoms with van der Waals surface area (Å²) in [6, 6.07) is 3.93. The summed E-state index contributed by atoms with van der Waals surface area (Å²) in [5.74, 6) is 0.0508. The molecule has 2 aliphatic rings. The lowest BCUT2D eigenvalue weighted by atomic mass is 10.1. The van der Waals surface area contributed by atoms with Gasteiger partial charge in [0.15, 0.2) is 0 Å². The average Bonchev–Trinajstić information content (AvgIpc) is 3.00. The molecule has 1 aromatic carbocycles. The summed E-state index contributed by atoms with van der Waals surface area (Å²) >= 11 is 5.85. The van der Waals surface area contributed by atoms with Crippen molar-refractivity contribution in [2.75, 3.05) is 38.0 Å². The molecule has 0 aromatic heterocycles. The molecular formula is C17H23ClFN3O. The molecule has 0 aliphatic carbocycles. The molecule has 1 N–H and O–H groups in total. The van der Waals surface area contributed by atoms with Crippen molar-refractivity contribution in [2.24, 2.45) is 5.92 Å². The van der Waals surface area contributed by atoms with Gasteiger partial charge in [0.25, 0.3) is 0 Å². The lowest BCUT2D eigenvalue weighted by Gasteiger charge is -2.29. The minimum atomic E-state index is -0.466. The van der Waals surface area contributed by atoms with Crippen molar-refractivity contribution in [3.63, 3.8) is 0 Å². The highest BCUT2D eigenvalue weighted by Gasteiger charge is 2.28. The predicted molar refractivity (Wildman–Crippen MR) is 90.4 cm³/mol. The number of carbonyl (C=O) groups is 1. The third-order valence-electron chi connectivity index (χ3n) is 4.71. The number of urea groups is 1. The van der Waals surface area contributed by atoms with Crippen molar-refractivity contribution in [2.45, 2.75) is 25.7 Å². The van der Waals surface area contributed by atoms with Gasteiger partial charge in [0, 0.05) is 24.7 Å². The van der Waals surface area contributed by atoms with Crippen LogP contribution in [0.15, 0.2) is 18.2 Å². The van der Waals surface area contributed by atoms with Crippen LogP contribution in [-0.4, -0.2) is 48.6 Å². The Morgan fingerprint density at radius 1 is 1.26 bits per heavy atom. The number of likely N-dealkylation sites (tertiary alicyclic amines) is 2. The summed E-state index contributed by atoms with van der Waals surface area (Å²) in [6.45, 7) is 4.89. The van der Waals surface area contributed by atoms with Crippen molar-refractivity contribution < 1.29 is 9.18 Å². The Hall–Kier alpha value is -1.33. The zero-order valence-corrected chi connectivity index (χ0v) is 14.0. The Labute approximate surface area is 141 Å². The van der Waals surface area contributed by atoms with E-state index >= 15 is 0 Å². The summed E-state index contributed by atoms with van der Waals surface area (Å²) in [4.78, 5) is 16.6. The molecule has 1 atom stereocenters. The zero-order valence-electron chi connectivity index (χ0n) is 13.2. The number of hydrogen-bond donors (Lipinski definition) is 1. The van der Waals surface area contributed by atoms with Gasteiger partial charge in [-0.15, -0.1) is 0 Å². The number of benzene rings is 1. The van der Waals surface area contributed by atoms with E-state index in [1.165, 1.54) is 50.6 Å². The molecule has 2 aliphatic heterocycles. The van der Waals surface area contributed by atoms with E-state index in [1.54, 1.807) is 4.90 Å². The van der Waals surface area contributed by atoms with Crippen molar-refractivity contribution in [1.29, 1.82) is 0 Å². The number of amides is 2. The highest BCUT2D eigenvalue weighted by Crippen LogP contribution is 2.23. The highest BCUT2D eigenvalue weighted by molar-refractivity contribution is 6.30. The molecule has 0 spiro atoms. The van der Waals surface area contributed by atoms with Crippen LogP contribution in [0.4, 0.5) is 14.9 Å². The zero-order chi connectivity index (χ0) is 16.2. The number of hydrogen-bond acceptors (Lipinski definition) is 2. The molecular weight excluding hydrogens is 317 g/mol. The molecule has 6 heteroatoms. The SMILES string of the molecule is O=C(Nc1cc(Cl)ccc1F)N1CC[C@H](CN2CCCCC2)C1. The van der Waals surface area contributed by atoms with Crippen LogP contribution in [0.3, 0.4) is 0 Å². The number of anilines is 1. The van der Waals surface area contributed by atoms with Crippen LogP contribution in [-0.2, 0) is 0 Å². The summed E-state index contributed by atoms with van der Waals surface area (Å²) in [5, 5.41) is 3.04. The van der Waals surface area contributed by atoms with Crippen molar-refractivity contribution >= 4 is 23.3 Å². The maximum Gasteiger partial charge on any atom is 0.321 e. The van der Waals surface area contributed by atoms with Crippen molar-refractivity contribution in [3.8, 4) is 0 Å². The first-order valence-corrected chi connectivity index (χ1v) is 8.73. The molecule has 2 heterocycles. The number of piperidine rings is 1. The number of nitrogens with zero attached hydrogens (tertiary/aromatic N) is 2. The van der Waals surface area contributed by atoms with E-state index in [1.807, 2.05) is 0 Å². The van der Waals surface area contributed by atoms with Crippen molar-refractivity contribution in [1.82, 2.24) is 9.80 Å². The highest BCUT2D eigenvalue weighted by atomic mass is 35.5. The summed E-state index contributed by atoms with van der Waals surface area (Å²) in [7, 11) is 0. The molecule has 2 saturated heterocycles. The van der Waals surface area contributed by atoms with Gasteiger partial charge >= 0.3 is 6.03 Å².